The summed E-state index contributed by atoms with van der Waals surface area (Å²) >= 11 is 6.01. The molecule has 0 spiro atoms. The average Bonchev–Trinajstić information content (AvgIpc) is 2.90. The van der Waals surface area contributed by atoms with Gasteiger partial charge in [0.25, 0.3) is 0 Å². The van der Waals surface area contributed by atoms with Gasteiger partial charge in [-0.15, -0.1) is 10.2 Å². The number of hydrogen-bond acceptors (Lipinski definition) is 6. The molecule has 0 fully saturated rings. The van der Waals surface area contributed by atoms with Gasteiger partial charge >= 0.3 is 5.97 Å². The standard InChI is InChI=1S/C11H9ClN2O4/c1-16-10(15)5-17-9-3-2-7(4-8(9)12)11-14-13-6-18-11/h2-4,6H,5H2,1H3. The number of esters is 1. The minimum absolute atomic E-state index is 0.198. The number of carbonyl (C=O) groups is 1. The lowest BCUT2D eigenvalue weighted by Crippen LogP contribution is -2.12. The van der Waals surface area contributed by atoms with Crippen LogP contribution in [0.2, 0.25) is 5.02 Å². The number of benzene rings is 1. The van der Waals surface area contributed by atoms with Gasteiger partial charge in [-0.2, -0.15) is 0 Å². The Morgan fingerprint density at radius 3 is 2.94 bits per heavy atom. The summed E-state index contributed by atoms with van der Waals surface area (Å²) in [6.07, 6.45) is 1.23. The lowest BCUT2D eigenvalue weighted by atomic mass is 10.2. The van der Waals surface area contributed by atoms with Crippen molar-refractivity contribution in [2.75, 3.05) is 13.7 Å². The Labute approximate surface area is 107 Å². The van der Waals surface area contributed by atoms with Crippen molar-refractivity contribution >= 4 is 17.6 Å². The van der Waals surface area contributed by atoms with Crippen LogP contribution >= 0.6 is 11.6 Å². The maximum absolute atomic E-state index is 10.9. The van der Waals surface area contributed by atoms with E-state index >= 15 is 0 Å². The van der Waals surface area contributed by atoms with Crippen LogP contribution < -0.4 is 4.74 Å². The van der Waals surface area contributed by atoms with E-state index < -0.39 is 5.97 Å². The van der Waals surface area contributed by atoms with Crippen molar-refractivity contribution in [2.45, 2.75) is 0 Å². The molecule has 0 aliphatic carbocycles. The predicted molar refractivity (Wildman–Crippen MR) is 62.3 cm³/mol. The number of nitrogens with zero attached hydrogens (tertiary/aromatic N) is 2. The van der Waals surface area contributed by atoms with E-state index in [0.29, 0.717) is 22.2 Å². The first kappa shape index (κ1) is 12.4. The molecule has 1 heterocycles. The highest BCUT2D eigenvalue weighted by atomic mass is 35.5. The summed E-state index contributed by atoms with van der Waals surface area (Å²) in [5.41, 5.74) is 0.669. The highest BCUT2D eigenvalue weighted by Gasteiger charge is 2.09. The first-order valence-electron chi connectivity index (χ1n) is 4.96. The number of carbonyl (C=O) groups excluding carboxylic acids is 1. The van der Waals surface area contributed by atoms with E-state index in [1.54, 1.807) is 18.2 Å². The monoisotopic (exact) mass is 268 g/mol. The van der Waals surface area contributed by atoms with Crippen LogP contribution in [0.25, 0.3) is 11.5 Å². The van der Waals surface area contributed by atoms with Crippen LogP contribution in [0.3, 0.4) is 0 Å². The fourth-order valence-electron chi connectivity index (χ4n) is 1.25. The number of hydrogen-bond donors (Lipinski definition) is 0. The lowest BCUT2D eigenvalue weighted by Gasteiger charge is -2.07. The van der Waals surface area contributed by atoms with Gasteiger partial charge in [-0.25, -0.2) is 4.79 Å². The van der Waals surface area contributed by atoms with Gasteiger partial charge in [0.2, 0.25) is 12.3 Å². The lowest BCUT2D eigenvalue weighted by molar-refractivity contribution is -0.142. The molecule has 6 nitrogen and oxygen atoms in total. The van der Waals surface area contributed by atoms with Crippen molar-refractivity contribution in [2.24, 2.45) is 0 Å². The van der Waals surface area contributed by atoms with Gasteiger partial charge in [-0.05, 0) is 18.2 Å². The summed E-state index contributed by atoms with van der Waals surface area (Å²) < 4.78 is 14.7. The summed E-state index contributed by atoms with van der Waals surface area (Å²) in [5, 5.41) is 7.67. The molecule has 0 unspecified atom stereocenters. The van der Waals surface area contributed by atoms with Gasteiger partial charge in [0.1, 0.15) is 5.75 Å². The van der Waals surface area contributed by atoms with Gasteiger partial charge in [-0.3, -0.25) is 0 Å². The molecule has 0 N–H and O–H groups in total. The molecule has 18 heavy (non-hydrogen) atoms. The third-order valence-corrected chi connectivity index (χ3v) is 2.41. The van der Waals surface area contributed by atoms with Gasteiger partial charge in [0.05, 0.1) is 12.1 Å². The summed E-state index contributed by atoms with van der Waals surface area (Å²) in [6.45, 7) is -0.198. The fourth-order valence-corrected chi connectivity index (χ4v) is 1.48. The van der Waals surface area contributed by atoms with E-state index in [0.717, 1.165) is 0 Å². The van der Waals surface area contributed by atoms with Crippen molar-refractivity contribution in [1.82, 2.24) is 10.2 Å². The van der Waals surface area contributed by atoms with Crippen LogP contribution in [-0.2, 0) is 9.53 Å². The first-order chi connectivity index (χ1) is 8.70. The van der Waals surface area contributed by atoms with E-state index in [1.165, 1.54) is 13.5 Å². The highest BCUT2D eigenvalue weighted by molar-refractivity contribution is 6.32. The maximum atomic E-state index is 10.9. The van der Waals surface area contributed by atoms with Gasteiger partial charge in [0, 0.05) is 5.56 Å². The normalized spacial score (nSPS) is 10.1. The Bertz CT molecular complexity index is 542. The molecule has 0 bridgehead atoms. The van der Waals surface area contributed by atoms with Gasteiger partial charge in [0.15, 0.2) is 6.61 Å². The van der Waals surface area contributed by atoms with Gasteiger partial charge in [-0.1, -0.05) is 11.6 Å². The van der Waals surface area contributed by atoms with Crippen LogP contribution in [0.5, 0.6) is 5.75 Å². The second kappa shape index (κ2) is 5.50. The Morgan fingerprint density at radius 2 is 2.33 bits per heavy atom. The zero-order valence-corrected chi connectivity index (χ0v) is 10.2. The summed E-state index contributed by atoms with van der Waals surface area (Å²) in [6, 6.07) is 4.93. The minimum Gasteiger partial charge on any atom is -0.480 e. The summed E-state index contributed by atoms with van der Waals surface area (Å²) in [7, 11) is 1.28. The van der Waals surface area contributed by atoms with Crippen LogP contribution in [0.1, 0.15) is 0 Å². The highest BCUT2D eigenvalue weighted by Crippen LogP contribution is 2.29. The molecule has 1 aromatic heterocycles. The Hall–Kier alpha value is -2.08. The Balaban J connectivity index is 2.13. The smallest absolute Gasteiger partial charge is 0.343 e. The molecule has 7 heteroatoms. The molecule has 0 saturated carbocycles. The predicted octanol–water partition coefficient (Wildman–Crippen LogP) is 1.94. The quantitative estimate of drug-likeness (QED) is 0.789. The molecule has 0 atom stereocenters. The molecule has 2 rings (SSSR count). The van der Waals surface area contributed by atoms with Crippen LogP contribution in [0.4, 0.5) is 0 Å². The minimum atomic E-state index is -0.480. The molecule has 0 aliphatic heterocycles. The SMILES string of the molecule is COC(=O)COc1ccc(-c2nnco2)cc1Cl. The van der Waals surface area contributed by atoms with E-state index in [9.17, 15) is 4.79 Å². The summed E-state index contributed by atoms with van der Waals surface area (Å²) in [5.74, 6) is 0.258. The van der Waals surface area contributed by atoms with Crippen LogP contribution in [0, 0.1) is 0 Å². The van der Waals surface area contributed by atoms with E-state index in [1.807, 2.05) is 0 Å². The van der Waals surface area contributed by atoms with E-state index in [4.69, 9.17) is 20.8 Å². The molecule has 0 saturated heterocycles. The van der Waals surface area contributed by atoms with Gasteiger partial charge < -0.3 is 13.9 Å². The molecule has 0 radical (unpaired) electrons. The number of aromatic nitrogens is 2. The zero-order chi connectivity index (χ0) is 13.0. The van der Waals surface area contributed by atoms with Crippen LogP contribution in [-0.4, -0.2) is 29.9 Å². The number of halogens is 1. The molecule has 0 amide bonds. The molecule has 0 aliphatic rings. The molecule has 1 aromatic carbocycles. The second-order valence-electron chi connectivity index (χ2n) is 3.25. The summed E-state index contributed by atoms with van der Waals surface area (Å²) in [4.78, 5) is 10.9. The van der Waals surface area contributed by atoms with Crippen molar-refractivity contribution < 1.29 is 18.7 Å². The maximum Gasteiger partial charge on any atom is 0.343 e. The average molecular weight is 269 g/mol. The van der Waals surface area contributed by atoms with Crippen molar-refractivity contribution in [3.8, 4) is 17.2 Å². The Morgan fingerprint density at radius 1 is 1.50 bits per heavy atom. The second-order valence-corrected chi connectivity index (χ2v) is 3.66. The number of rotatable bonds is 4. The Kier molecular flexibility index (Phi) is 3.78. The van der Waals surface area contributed by atoms with E-state index in [-0.39, 0.29) is 6.61 Å². The fraction of sp³-hybridized carbons (Fsp3) is 0.182. The van der Waals surface area contributed by atoms with Crippen molar-refractivity contribution in [3.63, 3.8) is 0 Å². The van der Waals surface area contributed by atoms with Crippen LogP contribution in [0.15, 0.2) is 29.0 Å². The third kappa shape index (κ3) is 2.78. The molecular formula is C11H9ClN2O4. The van der Waals surface area contributed by atoms with E-state index in [2.05, 4.69) is 14.9 Å². The number of ether oxygens (including phenoxy) is 2. The topological polar surface area (TPSA) is 74.5 Å². The van der Waals surface area contributed by atoms with Crippen molar-refractivity contribution in [1.29, 1.82) is 0 Å². The number of methoxy groups -OCH3 is 1. The molecule has 2 aromatic rings. The third-order valence-electron chi connectivity index (χ3n) is 2.11. The van der Waals surface area contributed by atoms with Crippen molar-refractivity contribution in [3.05, 3.63) is 29.6 Å². The zero-order valence-electron chi connectivity index (χ0n) is 9.42. The molecular weight excluding hydrogens is 260 g/mol. The largest absolute Gasteiger partial charge is 0.480 e. The molecule has 94 valence electrons. The first-order valence-corrected chi connectivity index (χ1v) is 5.34.